The highest BCUT2D eigenvalue weighted by Crippen LogP contribution is 2.21. The van der Waals surface area contributed by atoms with Crippen LogP contribution in [0.5, 0.6) is 0 Å². The highest BCUT2D eigenvalue weighted by molar-refractivity contribution is 6.04. The van der Waals surface area contributed by atoms with Crippen molar-refractivity contribution in [3.63, 3.8) is 0 Å². The lowest BCUT2D eigenvalue weighted by molar-refractivity contribution is 0.102. The van der Waals surface area contributed by atoms with Crippen LogP contribution in [-0.2, 0) is 6.42 Å². The third-order valence-corrected chi connectivity index (χ3v) is 4.19. The lowest BCUT2D eigenvalue weighted by Gasteiger charge is -2.17. The number of carbonyl (C=O) groups is 1. The highest BCUT2D eigenvalue weighted by atomic mass is 16.1. The minimum Gasteiger partial charge on any atom is -0.372 e. The molecule has 2 aromatic carbocycles. The Morgan fingerprint density at radius 1 is 1.09 bits per heavy atom. The van der Waals surface area contributed by atoms with Crippen molar-refractivity contribution in [3.05, 3.63) is 59.7 Å². The number of amides is 1. The fourth-order valence-corrected chi connectivity index (χ4v) is 2.87. The Morgan fingerprint density at radius 3 is 2.50 bits per heavy atom. The van der Waals surface area contributed by atoms with Crippen molar-refractivity contribution in [2.75, 3.05) is 23.3 Å². The topological polar surface area (TPSA) is 32.3 Å². The number of hydrogen-bond donors (Lipinski definition) is 1. The summed E-state index contributed by atoms with van der Waals surface area (Å²) in [5.74, 6) is -0.0544. The third-order valence-electron chi connectivity index (χ3n) is 4.19. The van der Waals surface area contributed by atoms with E-state index in [0.717, 1.165) is 25.2 Å². The number of carbonyl (C=O) groups excluding carboxylic acids is 1. The molecule has 114 valence electrons. The molecule has 3 rings (SSSR count). The zero-order chi connectivity index (χ0) is 15.4. The maximum Gasteiger partial charge on any atom is 0.255 e. The fraction of sp³-hybridized carbons (Fsp3) is 0.316. The summed E-state index contributed by atoms with van der Waals surface area (Å²) < 4.78 is 0. The molecule has 0 radical (unpaired) electrons. The number of anilines is 2. The van der Waals surface area contributed by atoms with Crippen LogP contribution in [0.15, 0.2) is 48.5 Å². The number of rotatable bonds is 4. The zero-order valence-electron chi connectivity index (χ0n) is 13.0. The average Bonchev–Trinajstić information content (AvgIpc) is 3.09. The fourth-order valence-electron chi connectivity index (χ4n) is 2.87. The number of benzene rings is 2. The first-order valence-electron chi connectivity index (χ1n) is 8.01. The van der Waals surface area contributed by atoms with E-state index in [-0.39, 0.29) is 5.91 Å². The van der Waals surface area contributed by atoms with E-state index in [1.165, 1.54) is 24.1 Å². The molecule has 0 aromatic heterocycles. The van der Waals surface area contributed by atoms with Gasteiger partial charge in [0.25, 0.3) is 5.91 Å². The number of aryl methyl sites for hydroxylation is 1. The molecule has 1 saturated heterocycles. The van der Waals surface area contributed by atoms with Crippen molar-refractivity contribution in [1.29, 1.82) is 0 Å². The molecule has 2 aromatic rings. The van der Waals surface area contributed by atoms with E-state index in [0.29, 0.717) is 5.56 Å². The van der Waals surface area contributed by atoms with Gasteiger partial charge in [0.15, 0.2) is 0 Å². The van der Waals surface area contributed by atoms with Crippen LogP contribution in [0.25, 0.3) is 0 Å². The second kappa shape index (κ2) is 6.65. The van der Waals surface area contributed by atoms with Gasteiger partial charge in [-0.15, -0.1) is 0 Å². The minimum absolute atomic E-state index is 0.0544. The lowest BCUT2D eigenvalue weighted by Crippen LogP contribution is -2.18. The van der Waals surface area contributed by atoms with Crippen molar-refractivity contribution < 1.29 is 4.79 Å². The molecule has 1 N–H and O–H groups in total. The molecule has 0 saturated carbocycles. The highest BCUT2D eigenvalue weighted by Gasteiger charge is 2.13. The molecule has 1 fully saturated rings. The molecule has 0 spiro atoms. The summed E-state index contributed by atoms with van der Waals surface area (Å²) in [5, 5.41) is 2.97. The predicted octanol–water partition coefficient (Wildman–Crippen LogP) is 4.10. The molecule has 3 nitrogen and oxygen atoms in total. The molecule has 1 heterocycles. The molecule has 0 aliphatic carbocycles. The van der Waals surface area contributed by atoms with Gasteiger partial charge >= 0.3 is 0 Å². The molecule has 22 heavy (non-hydrogen) atoms. The summed E-state index contributed by atoms with van der Waals surface area (Å²) in [5.41, 5.74) is 3.99. The van der Waals surface area contributed by atoms with Gasteiger partial charge in [0.1, 0.15) is 0 Å². The van der Waals surface area contributed by atoms with Crippen molar-refractivity contribution >= 4 is 17.3 Å². The standard InChI is InChI=1S/C19H22N2O/c1-2-15-6-5-7-17(14-15)20-19(22)16-8-10-18(11-9-16)21-12-3-4-13-21/h5-11,14H,2-4,12-13H2,1H3,(H,20,22). The first kappa shape index (κ1) is 14.6. The molecule has 1 amide bonds. The normalized spacial score (nSPS) is 14.1. The Kier molecular flexibility index (Phi) is 4.42. The van der Waals surface area contributed by atoms with Crippen molar-refractivity contribution in [1.82, 2.24) is 0 Å². The smallest absolute Gasteiger partial charge is 0.255 e. The van der Waals surface area contributed by atoms with Crippen LogP contribution < -0.4 is 10.2 Å². The molecule has 0 atom stereocenters. The van der Waals surface area contributed by atoms with Gasteiger partial charge in [0.2, 0.25) is 0 Å². The quantitative estimate of drug-likeness (QED) is 0.920. The molecular formula is C19H22N2O. The van der Waals surface area contributed by atoms with Crippen molar-refractivity contribution in [2.24, 2.45) is 0 Å². The largest absolute Gasteiger partial charge is 0.372 e. The summed E-state index contributed by atoms with van der Waals surface area (Å²) in [7, 11) is 0. The van der Waals surface area contributed by atoms with Crippen LogP contribution in [0.3, 0.4) is 0 Å². The molecule has 3 heteroatoms. The number of nitrogens with one attached hydrogen (secondary N) is 1. The molecular weight excluding hydrogens is 272 g/mol. The van der Waals surface area contributed by atoms with Crippen LogP contribution in [-0.4, -0.2) is 19.0 Å². The van der Waals surface area contributed by atoms with Gasteiger partial charge in [-0.1, -0.05) is 19.1 Å². The van der Waals surface area contributed by atoms with E-state index < -0.39 is 0 Å². The Bertz CT molecular complexity index is 643. The van der Waals surface area contributed by atoms with Crippen molar-refractivity contribution in [3.8, 4) is 0 Å². The van der Waals surface area contributed by atoms with Crippen LogP contribution in [0.2, 0.25) is 0 Å². The van der Waals surface area contributed by atoms with E-state index >= 15 is 0 Å². The molecule has 0 unspecified atom stereocenters. The monoisotopic (exact) mass is 294 g/mol. The van der Waals surface area contributed by atoms with Crippen LogP contribution in [0, 0.1) is 0 Å². The van der Waals surface area contributed by atoms with Gasteiger partial charge in [-0.05, 0) is 61.2 Å². The Balaban J connectivity index is 1.69. The molecule has 1 aliphatic rings. The van der Waals surface area contributed by atoms with Crippen molar-refractivity contribution in [2.45, 2.75) is 26.2 Å². The number of hydrogen-bond acceptors (Lipinski definition) is 2. The average molecular weight is 294 g/mol. The van der Waals surface area contributed by atoms with Gasteiger partial charge in [-0.2, -0.15) is 0 Å². The third kappa shape index (κ3) is 3.30. The van der Waals surface area contributed by atoms with Gasteiger partial charge in [0.05, 0.1) is 0 Å². The minimum atomic E-state index is -0.0544. The van der Waals surface area contributed by atoms with E-state index in [2.05, 4.69) is 23.2 Å². The second-order valence-corrected chi connectivity index (χ2v) is 5.75. The van der Waals surface area contributed by atoms with Crippen LogP contribution >= 0.6 is 0 Å². The Labute approximate surface area is 132 Å². The van der Waals surface area contributed by atoms with Gasteiger partial charge in [0, 0.05) is 30.0 Å². The summed E-state index contributed by atoms with van der Waals surface area (Å²) in [6.07, 6.45) is 3.49. The second-order valence-electron chi connectivity index (χ2n) is 5.75. The summed E-state index contributed by atoms with van der Waals surface area (Å²) in [6.45, 7) is 4.35. The van der Waals surface area contributed by atoms with E-state index in [4.69, 9.17) is 0 Å². The van der Waals surface area contributed by atoms with Gasteiger partial charge < -0.3 is 10.2 Å². The van der Waals surface area contributed by atoms with Gasteiger partial charge in [-0.3, -0.25) is 4.79 Å². The van der Waals surface area contributed by atoms with E-state index in [1.54, 1.807) is 0 Å². The van der Waals surface area contributed by atoms with E-state index in [9.17, 15) is 4.79 Å². The van der Waals surface area contributed by atoms with Crippen LogP contribution in [0.1, 0.15) is 35.7 Å². The van der Waals surface area contributed by atoms with Crippen LogP contribution in [0.4, 0.5) is 11.4 Å². The first-order chi connectivity index (χ1) is 10.8. The lowest BCUT2D eigenvalue weighted by atomic mass is 10.1. The summed E-state index contributed by atoms with van der Waals surface area (Å²) >= 11 is 0. The molecule has 0 bridgehead atoms. The van der Waals surface area contributed by atoms with Gasteiger partial charge in [-0.25, -0.2) is 0 Å². The summed E-state index contributed by atoms with van der Waals surface area (Å²) in [4.78, 5) is 14.7. The maximum atomic E-state index is 12.3. The Hall–Kier alpha value is -2.29. The van der Waals surface area contributed by atoms with E-state index in [1.807, 2.05) is 42.5 Å². The predicted molar refractivity (Wildman–Crippen MR) is 91.7 cm³/mol. The summed E-state index contributed by atoms with van der Waals surface area (Å²) in [6, 6.07) is 15.9. The first-order valence-corrected chi connectivity index (χ1v) is 8.01. The Morgan fingerprint density at radius 2 is 1.82 bits per heavy atom. The maximum absolute atomic E-state index is 12.3. The number of nitrogens with zero attached hydrogens (tertiary/aromatic N) is 1. The zero-order valence-corrected chi connectivity index (χ0v) is 13.0. The SMILES string of the molecule is CCc1cccc(NC(=O)c2ccc(N3CCCC3)cc2)c1. The molecule has 1 aliphatic heterocycles.